The molecule has 0 unspecified atom stereocenters. The van der Waals surface area contributed by atoms with E-state index >= 15 is 0 Å². The van der Waals surface area contributed by atoms with Crippen molar-refractivity contribution in [1.29, 1.82) is 0 Å². The Kier molecular flexibility index (Phi) is 3.36. The van der Waals surface area contributed by atoms with Crippen LogP contribution < -0.4 is 15.2 Å². The molecule has 4 aromatic rings. The van der Waals surface area contributed by atoms with E-state index in [1.165, 1.54) is 16.9 Å². The van der Waals surface area contributed by atoms with Crippen LogP contribution in [0.5, 0.6) is 11.5 Å². The number of ether oxygens (including phenoxy) is 2. The Morgan fingerprint density at radius 2 is 2.04 bits per heavy atom. The molecule has 2 aromatic carbocycles. The van der Waals surface area contributed by atoms with Gasteiger partial charge in [0.15, 0.2) is 16.6 Å². The second-order valence-corrected chi connectivity index (χ2v) is 7.30. The van der Waals surface area contributed by atoms with Crippen LogP contribution in [0.25, 0.3) is 21.3 Å². The fourth-order valence-corrected chi connectivity index (χ4v) is 4.10. The number of fused-ring (bicyclic) bond motifs is 2. The number of aromatic nitrogens is 3. The number of nitrogens with zero attached hydrogens (tertiary/aromatic N) is 3. The van der Waals surface area contributed by atoms with Crippen molar-refractivity contribution < 1.29 is 9.47 Å². The molecule has 1 aliphatic heterocycles. The SMILES string of the molecule is Cn1nccc1Cc1cc(-c2ccc3c(c2)OCO3)c2nc(N)sc2c1. The van der Waals surface area contributed by atoms with E-state index in [0.29, 0.717) is 5.13 Å². The minimum absolute atomic E-state index is 0.262. The van der Waals surface area contributed by atoms with Gasteiger partial charge in [-0.05, 0) is 41.5 Å². The molecule has 0 saturated heterocycles. The van der Waals surface area contributed by atoms with E-state index in [1.54, 1.807) is 0 Å². The number of rotatable bonds is 3. The number of hydrogen-bond donors (Lipinski definition) is 1. The number of thiazole rings is 1. The van der Waals surface area contributed by atoms with E-state index in [1.807, 2.05) is 42.2 Å². The second-order valence-electron chi connectivity index (χ2n) is 6.23. The zero-order valence-electron chi connectivity index (χ0n) is 14.1. The minimum atomic E-state index is 0.262. The first-order valence-corrected chi connectivity index (χ1v) is 9.05. The summed E-state index contributed by atoms with van der Waals surface area (Å²) in [6, 6.07) is 12.3. The highest BCUT2D eigenvalue weighted by Crippen LogP contribution is 2.39. The average Bonchev–Trinajstić information content (AvgIpc) is 3.33. The number of benzene rings is 2. The smallest absolute Gasteiger partial charge is 0.231 e. The maximum absolute atomic E-state index is 5.99. The van der Waals surface area contributed by atoms with Crippen molar-refractivity contribution in [3.05, 3.63) is 53.9 Å². The Bertz CT molecular complexity index is 1130. The molecule has 0 radical (unpaired) electrons. The van der Waals surface area contributed by atoms with Crippen LogP contribution in [0.1, 0.15) is 11.3 Å². The lowest BCUT2D eigenvalue weighted by Crippen LogP contribution is -1.99. The van der Waals surface area contributed by atoms with Crippen LogP contribution in [0.4, 0.5) is 5.13 Å². The third kappa shape index (κ3) is 2.48. The van der Waals surface area contributed by atoms with Gasteiger partial charge in [0.25, 0.3) is 0 Å². The van der Waals surface area contributed by atoms with Gasteiger partial charge in [-0.15, -0.1) is 0 Å². The molecule has 0 fully saturated rings. The molecule has 2 aromatic heterocycles. The van der Waals surface area contributed by atoms with E-state index < -0.39 is 0 Å². The summed E-state index contributed by atoms with van der Waals surface area (Å²) in [5.41, 5.74) is 11.3. The molecular weight excluding hydrogens is 348 g/mol. The molecule has 26 heavy (non-hydrogen) atoms. The van der Waals surface area contributed by atoms with Crippen LogP contribution >= 0.6 is 11.3 Å². The van der Waals surface area contributed by atoms with Crippen LogP contribution in [-0.2, 0) is 13.5 Å². The highest BCUT2D eigenvalue weighted by atomic mass is 32.1. The second kappa shape index (κ2) is 5.74. The maximum Gasteiger partial charge on any atom is 0.231 e. The third-order valence-corrected chi connectivity index (χ3v) is 5.39. The van der Waals surface area contributed by atoms with Gasteiger partial charge in [0.05, 0.1) is 10.2 Å². The van der Waals surface area contributed by atoms with E-state index in [9.17, 15) is 0 Å². The lowest BCUT2D eigenvalue weighted by molar-refractivity contribution is 0.174. The fourth-order valence-electron chi connectivity index (χ4n) is 3.27. The van der Waals surface area contributed by atoms with Gasteiger partial charge in [-0.25, -0.2) is 4.98 Å². The van der Waals surface area contributed by atoms with Crippen LogP contribution in [0.2, 0.25) is 0 Å². The highest BCUT2D eigenvalue weighted by Gasteiger charge is 2.17. The Hall–Kier alpha value is -3.06. The van der Waals surface area contributed by atoms with Crippen molar-refractivity contribution in [1.82, 2.24) is 14.8 Å². The van der Waals surface area contributed by atoms with E-state index in [0.717, 1.165) is 45.0 Å². The summed E-state index contributed by atoms with van der Waals surface area (Å²) in [7, 11) is 1.96. The standard InChI is InChI=1S/C19H16N4O2S/c1-23-13(4-5-21-23)6-11-7-14(18-17(8-11)26-19(20)22-18)12-2-3-15-16(9-12)25-10-24-15/h2-5,7-9H,6,10H2,1H3,(H2,20,22). The highest BCUT2D eigenvalue weighted by molar-refractivity contribution is 7.22. The number of hydrogen-bond acceptors (Lipinski definition) is 6. The van der Waals surface area contributed by atoms with Crippen molar-refractivity contribution in [2.24, 2.45) is 7.05 Å². The number of nitrogens with two attached hydrogens (primary N) is 1. The summed E-state index contributed by atoms with van der Waals surface area (Å²) in [4.78, 5) is 4.55. The van der Waals surface area contributed by atoms with Gasteiger partial charge >= 0.3 is 0 Å². The maximum atomic E-state index is 5.99. The lowest BCUT2D eigenvalue weighted by Gasteiger charge is -2.09. The molecule has 0 aliphatic carbocycles. The molecule has 0 bridgehead atoms. The monoisotopic (exact) mass is 364 g/mol. The summed E-state index contributed by atoms with van der Waals surface area (Å²) >= 11 is 1.51. The first kappa shape index (κ1) is 15.2. The van der Waals surface area contributed by atoms with Gasteiger partial charge in [0, 0.05) is 30.9 Å². The van der Waals surface area contributed by atoms with Crippen molar-refractivity contribution in [2.75, 3.05) is 12.5 Å². The van der Waals surface area contributed by atoms with Crippen LogP contribution in [0.3, 0.4) is 0 Å². The van der Waals surface area contributed by atoms with Crippen LogP contribution in [0.15, 0.2) is 42.6 Å². The molecule has 0 atom stereocenters. The largest absolute Gasteiger partial charge is 0.454 e. The molecule has 0 saturated carbocycles. The Morgan fingerprint density at radius 1 is 1.15 bits per heavy atom. The van der Waals surface area contributed by atoms with Crippen LogP contribution in [0, 0.1) is 0 Å². The topological polar surface area (TPSA) is 75.2 Å². The van der Waals surface area contributed by atoms with Gasteiger partial charge < -0.3 is 15.2 Å². The Labute approximate surface area is 153 Å². The number of anilines is 1. The molecule has 130 valence electrons. The zero-order valence-corrected chi connectivity index (χ0v) is 14.9. The van der Waals surface area contributed by atoms with Gasteiger partial charge in [-0.2, -0.15) is 5.10 Å². The summed E-state index contributed by atoms with van der Waals surface area (Å²) in [6.07, 6.45) is 2.61. The minimum Gasteiger partial charge on any atom is -0.454 e. The van der Waals surface area contributed by atoms with Gasteiger partial charge in [0.1, 0.15) is 0 Å². The summed E-state index contributed by atoms with van der Waals surface area (Å²) in [5.74, 6) is 1.53. The molecular formula is C19H16N4O2S. The van der Waals surface area contributed by atoms with Crippen LogP contribution in [-0.4, -0.2) is 21.6 Å². The normalized spacial score (nSPS) is 12.8. The Balaban J connectivity index is 1.66. The molecule has 2 N–H and O–H groups in total. The summed E-state index contributed by atoms with van der Waals surface area (Å²) in [5, 5.41) is 4.82. The first-order chi connectivity index (χ1) is 12.7. The summed E-state index contributed by atoms with van der Waals surface area (Å²) < 4.78 is 13.9. The molecule has 6 nitrogen and oxygen atoms in total. The first-order valence-electron chi connectivity index (χ1n) is 8.23. The number of nitrogen functional groups attached to an aromatic ring is 1. The average molecular weight is 364 g/mol. The molecule has 7 heteroatoms. The molecule has 0 spiro atoms. The molecule has 1 aliphatic rings. The van der Waals surface area contributed by atoms with Crippen molar-refractivity contribution in [3.8, 4) is 22.6 Å². The Morgan fingerprint density at radius 3 is 2.88 bits per heavy atom. The van der Waals surface area contributed by atoms with Gasteiger partial charge in [-0.3, -0.25) is 4.68 Å². The predicted molar refractivity (Wildman–Crippen MR) is 102 cm³/mol. The molecule has 5 rings (SSSR count). The summed E-state index contributed by atoms with van der Waals surface area (Å²) in [6.45, 7) is 0.262. The van der Waals surface area contributed by atoms with Crippen molar-refractivity contribution >= 4 is 26.7 Å². The third-order valence-electron chi connectivity index (χ3n) is 4.56. The van der Waals surface area contributed by atoms with Gasteiger partial charge in [0.2, 0.25) is 6.79 Å². The van der Waals surface area contributed by atoms with E-state index in [2.05, 4.69) is 22.2 Å². The van der Waals surface area contributed by atoms with Crippen molar-refractivity contribution in [2.45, 2.75) is 6.42 Å². The number of aryl methyl sites for hydroxylation is 1. The molecule has 3 heterocycles. The zero-order chi connectivity index (χ0) is 17.7. The van der Waals surface area contributed by atoms with Gasteiger partial charge in [-0.1, -0.05) is 17.4 Å². The van der Waals surface area contributed by atoms with Crippen molar-refractivity contribution in [3.63, 3.8) is 0 Å². The van der Waals surface area contributed by atoms with E-state index in [-0.39, 0.29) is 6.79 Å². The fraction of sp³-hybridized carbons (Fsp3) is 0.158. The quantitative estimate of drug-likeness (QED) is 0.601. The molecule has 0 amide bonds. The predicted octanol–water partition coefficient (Wildman–Crippen LogP) is 3.60. The lowest BCUT2D eigenvalue weighted by atomic mass is 9.99. The van der Waals surface area contributed by atoms with E-state index in [4.69, 9.17) is 15.2 Å².